The molecule has 46 heavy (non-hydrogen) atoms. The number of ether oxygens (including phenoxy) is 1. The van der Waals surface area contributed by atoms with Crippen LogP contribution in [-0.4, -0.2) is 70.3 Å². The lowest BCUT2D eigenvalue weighted by molar-refractivity contribution is -0.120. The number of aryl methyl sites for hydroxylation is 1. The number of piperidine rings is 1. The van der Waals surface area contributed by atoms with E-state index in [2.05, 4.69) is 10.8 Å². The van der Waals surface area contributed by atoms with Gasteiger partial charge in [-0.3, -0.25) is 9.69 Å². The van der Waals surface area contributed by atoms with E-state index in [0.717, 1.165) is 25.8 Å². The van der Waals surface area contributed by atoms with Crippen molar-refractivity contribution in [2.24, 2.45) is 11.8 Å². The van der Waals surface area contributed by atoms with Gasteiger partial charge in [0.1, 0.15) is 41.3 Å². The van der Waals surface area contributed by atoms with Crippen LogP contribution in [0.15, 0.2) is 33.5 Å². The average Bonchev–Trinajstić information content (AvgIpc) is 3.65. The first-order valence-electron chi connectivity index (χ1n) is 15.7. The standard InChI is InChI=1S/C35H32F2N4O5/c1-3-24-26(37)6-5-20-11-23(42)12-25(28(20)24)31-18(2)30-29(33(44)46-31)32(40-14-19-9-21(15-40)27(43)10-19)39-34(38-30)45-17-35-7-4-8-41(35)16-22(36)13-35/h1,5-6,11-12,19,21-22,42H,4,7-10,13-17H2,2H3/t19-,21-,22-,35+/m1/s1. The largest absolute Gasteiger partial charge is 0.508 e. The summed E-state index contributed by atoms with van der Waals surface area (Å²) in [5.41, 5.74) is -0.263. The molecule has 4 aliphatic rings. The van der Waals surface area contributed by atoms with Crippen molar-refractivity contribution in [3.8, 4) is 35.4 Å². The molecule has 2 aromatic carbocycles. The van der Waals surface area contributed by atoms with E-state index in [1.165, 1.54) is 24.3 Å². The molecule has 0 radical (unpaired) electrons. The second-order valence-electron chi connectivity index (χ2n) is 13.3. The fraction of sp³-hybridized carbons (Fsp3) is 0.429. The topological polar surface area (TPSA) is 109 Å². The van der Waals surface area contributed by atoms with E-state index in [4.69, 9.17) is 25.5 Å². The van der Waals surface area contributed by atoms with Gasteiger partial charge in [-0.1, -0.05) is 12.0 Å². The zero-order chi connectivity index (χ0) is 31.9. The molecule has 2 bridgehead atoms. The van der Waals surface area contributed by atoms with E-state index in [1.807, 2.05) is 4.90 Å². The maximum Gasteiger partial charge on any atom is 0.349 e. The van der Waals surface area contributed by atoms with Gasteiger partial charge in [0.25, 0.3) is 0 Å². The molecule has 0 unspecified atom stereocenters. The molecule has 3 aliphatic heterocycles. The van der Waals surface area contributed by atoms with Crippen molar-refractivity contribution < 1.29 is 27.8 Å². The predicted molar refractivity (Wildman–Crippen MR) is 167 cm³/mol. The highest BCUT2D eigenvalue weighted by Crippen LogP contribution is 2.43. The summed E-state index contributed by atoms with van der Waals surface area (Å²) in [5.74, 6) is 2.25. The lowest BCUT2D eigenvalue weighted by atomic mass is 9.94. The summed E-state index contributed by atoms with van der Waals surface area (Å²) < 4.78 is 41.6. The zero-order valence-electron chi connectivity index (χ0n) is 25.3. The van der Waals surface area contributed by atoms with Crippen molar-refractivity contribution in [1.82, 2.24) is 14.9 Å². The minimum absolute atomic E-state index is 0.0291. The number of halogens is 2. The van der Waals surface area contributed by atoms with Crippen LogP contribution in [0.3, 0.4) is 0 Å². The fourth-order valence-electron chi connectivity index (χ4n) is 8.37. The maximum absolute atomic E-state index is 14.9. The van der Waals surface area contributed by atoms with Crippen LogP contribution in [0, 0.1) is 36.9 Å². The van der Waals surface area contributed by atoms with Gasteiger partial charge in [0.15, 0.2) is 5.82 Å². The van der Waals surface area contributed by atoms with Crippen molar-refractivity contribution in [3.05, 3.63) is 51.6 Å². The number of benzene rings is 2. The summed E-state index contributed by atoms with van der Waals surface area (Å²) in [7, 11) is 0. The second kappa shape index (κ2) is 10.5. The SMILES string of the molecule is C#Cc1c(F)ccc2cc(O)cc(-c3oc(=O)c4c(N5C[C@H]6CC(=O)[C@H](C6)C5)nc(OC[C@@]56CCCN5C[C@H](F)C6)nc4c3C)c12. The Bertz CT molecular complexity index is 2060. The first-order chi connectivity index (χ1) is 22.1. The highest BCUT2D eigenvalue weighted by Gasteiger charge is 2.49. The van der Waals surface area contributed by atoms with Crippen LogP contribution in [0.5, 0.6) is 11.8 Å². The van der Waals surface area contributed by atoms with Crippen molar-refractivity contribution in [3.63, 3.8) is 0 Å². The predicted octanol–water partition coefficient (Wildman–Crippen LogP) is 4.91. The van der Waals surface area contributed by atoms with E-state index in [1.54, 1.807) is 6.92 Å². The Hall–Kier alpha value is -4.56. The molecule has 1 aliphatic carbocycles. The summed E-state index contributed by atoms with van der Waals surface area (Å²) in [4.78, 5) is 40.1. The Morgan fingerprint density at radius 2 is 2.04 bits per heavy atom. The molecule has 5 heterocycles. The number of aromatic hydroxyl groups is 1. The van der Waals surface area contributed by atoms with Crippen LogP contribution >= 0.6 is 0 Å². The third kappa shape index (κ3) is 4.45. The number of aromatic nitrogens is 2. The van der Waals surface area contributed by atoms with Crippen LogP contribution in [-0.2, 0) is 4.79 Å². The quantitative estimate of drug-likeness (QED) is 0.309. The van der Waals surface area contributed by atoms with Crippen LogP contribution < -0.4 is 15.3 Å². The number of carbonyl (C=O) groups is 1. The van der Waals surface area contributed by atoms with E-state index < -0.39 is 23.2 Å². The first kappa shape index (κ1) is 28.9. The summed E-state index contributed by atoms with van der Waals surface area (Å²) >= 11 is 0. The number of terminal acetylenes is 1. The molecular formula is C35H32F2N4O5. The molecule has 8 rings (SSSR count). The lowest BCUT2D eigenvalue weighted by Crippen LogP contribution is -2.43. The molecule has 1 saturated carbocycles. The smallest absolute Gasteiger partial charge is 0.349 e. The molecule has 11 heteroatoms. The molecule has 4 aromatic rings. The van der Waals surface area contributed by atoms with Crippen LogP contribution in [0.1, 0.15) is 43.2 Å². The van der Waals surface area contributed by atoms with E-state index in [0.29, 0.717) is 54.6 Å². The van der Waals surface area contributed by atoms with E-state index >= 15 is 0 Å². The van der Waals surface area contributed by atoms with Crippen molar-refractivity contribution in [1.29, 1.82) is 0 Å². The van der Waals surface area contributed by atoms with Crippen LogP contribution in [0.25, 0.3) is 33.0 Å². The maximum atomic E-state index is 14.9. The molecule has 9 nitrogen and oxygen atoms in total. The summed E-state index contributed by atoms with van der Waals surface area (Å²) in [6.07, 6.45) is 8.21. The van der Waals surface area contributed by atoms with Gasteiger partial charge in [0, 0.05) is 54.9 Å². The highest BCUT2D eigenvalue weighted by molar-refractivity contribution is 6.03. The summed E-state index contributed by atoms with van der Waals surface area (Å²) in [6.45, 7) is 4.04. The summed E-state index contributed by atoms with van der Waals surface area (Å²) in [6, 6.07) is 5.60. The minimum Gasteiger partial charge on any atom is -0.508 e. The van der Waals surface area contributed by atoms with Crippen molar-refractivity contribution >= 4 is 33.3 Å². The van der Waals surface area contributed by atoms with Gasteiger partial charge in [-0.2, -0.15) is 9.97 Å². The third-order valence-corrected chi connectivity index (χ3v) is 10.4. The number of ketones is 1. The van der Waals surface area contributed by atoms with E-state index in [9.17, 15) is 23.5 Å². The Balaban J connectivity index is 1.31. The molecule has 2 aromatic heterocycles. The van der Waals surface area contributed by atoms with Gasteiger partial charge >= 0.3 is 11.6 Å². The van der Waals surface area contributed by atoms with Crippen molar-refractivity contribution in [2.45, 2.75) is 50.7 Å². The second-order valence-corrected chi connectivity index (χ2v) is 13.3. The number of rotatable bonds is 5. The van der Waals surface area contributed by atoms with Crippen molar-refractivity contribution in [2.75, 3.05) is 37.7 Å². The lowest BCUT2D eigenvalue weighted by Gasteiger charge is -2.33. The Morgan fingerprint density at radius 3 is 2.85 bits per heavy atom. The first-order valence-corrected chi connectivity index (χ1v) is 15.7. The van der Waals surface area contributed by atoms with Crippen LogP contribution in [0.2, 0.25) is 0 Å². The molecule has 0 amide bonds. The molecule has 236 valence electrons. The van der Waals surface area contributed by atoms with Crippen LogP contribution in [0.4, 0.5) is 14.6 Å². The summed E-state index contributed by atoms with van der Waals surface area (Å²) in [5, 5.41) is 11.5. The molecule has 4 fully saturated rings. The fourth-order valence-corrected chi connectivity index (χ4v) is 8.37. The molecular weight excluding hydrogens is 594 g/mol. The number of nitrogens with zero attached hydrogens (tertiary/aromatic N) is 4. The average molecular weight is 627 g/mol. The number of phenolic OH excluding ortho intramolecular Hbond substituents is 1. The number of Topliss-reactive ketones (excluding diaryl/α,β-unsaturated/α-hetero) is 1. The monoisotopic (exact) mass is 626 g/mol. The molecule has 4 atom stereocenters. The number of carbonyl (C=O) groups excluding carboxylic acids is 1. The highest BCUT2D eigenvalue weighted by atomic mass is 19.1. The van der Waals surface area contributed by atoms with Gasteiger partial charge in [-0.25, -0.2) is 13.6 Å². The number of hydrogen-bond acceptors (Lipinski definition) is 9. The van der Waals surface area contributed by atoms with Gasteiger partial charge in [0.05, 0.1) is 16.6 Å². The number of fused-ring (bicyclic) bond motifs is 5. The number of phenols is 1. The number of hydrogen-bond donors (Lipinski definition) is 1. The van der Waals surface area contributed by atoms with Gasteiger partial charge < -0.3 is 19.2 Å². The number of alkyl halides is 1. The molecule has 0 spiro atoms. The van der Waals surface area contributed by atoms with Gasteiger partial charge in [0.2, 0.25) is 0 Å². The zero-order valence-corrected chi connectivity index (χ0v) is 25.3. The van der Waals surface area contributed by atoms with Gasteiger partial charge in [-0.15, -0.1) is 6.42 Å². The van der Waals surface area contributed by atoms with E-state index in [-0.39, 0.29) is 63.8 Å². The normalized spacial score (nSPS) is 25.8. The molecule has 1 N–H and O–H groups in total. The Kier molecular flexibility index (Phi) is 6.59. The number of anilines is 1. The minimum atomic E-state index is -0.928. The molecule has 3 saturated heterocycles. The van der Waals surface area contributed by atoms with Gasteiger partial charge in [-0.05, 0) is 62.2 Å². The third-order valence-electron chi connectivity index (χ3n) is 10.4. The Labute approximate surface area is 263 Å². The Morgan fingerprint density at radius 1 is 1.20 bits per heavy atom.